The summed E-state index contributed by atoms with van der Waals surface area (Å²) in [5, 5.41) is 4.18. The lowest BCUT2D eigenvalue weighted by Gasteiger charge is -2.19. The summed E-state index contributed by atoms with van der Waals surface area (Å²) in [5.74, 6) is -1.29. The number of hydrogen-bond donors (Lipinski definition) is 1. The number of carbonyl (C=O) groups is 3. The van der Waals surface area contributed by atoms with Crippen LogP contribution in [0.2, 0.25) is 0 Å². The van der Waals surface area contributed by atoms with Crippen LogP contribution in [0.25, 0.3) is 10.8 Å². The van der Waals surface area contributed by atoms with Crippen LogP contribution in [-0.2, 0) is 19.1 Å². The van der Waals surface area contributed by atoms with Crippen molar-refractivity contribution >= 4 is 28.6 Å². The maximum Gasteiger partial charge on any atom is 0.354 e. The predicted molar refractivity (Wildman–Crippen MR) is 127 cm³/mol. The van der Waals surface area contributed by atoms with Gasteiger partial charge in [-0.3, -0.25) is 4.79 Å². The highest BCUT2D eigenvalue weighted by Gasteiger charge is 2.26. The van der Waals surface area contributed by atoms with Gasteiger partial charge in [0.05, 0.1) is 19.3 Å². The van der Waals surface area contributed by atoms with E-state index in [1.807, 2.05) is 45.0 Å². The Balaban J connectivity index is 2.32. The van der Waals surface area contributed by atoms with E-state index < -0.39 is 23.9 Å². The monoisotopic (exact) mass is 455 g/mol. The lowest BCUT2D eigenvalue weighted by atomic mass is 10.00. The van der Waals surface area contributed by atoms with Gasteiger partial charge in [0.15, 0.2) is 6.10 Å². The molecule has 2 aromatic carbocycles. The fraction of sp³-hybridized carbons (Fsp3) is 0.423. The normalized spacial score (nSPS) is 12.2. The molecule has 1 N–H and O–H groups in total. The largest absolute Gasteiger partial charge is 0.497 e. The molecule has 0 aromatic heterocycles. The van der Waals surface area contributed by atoms with E-state index in [9.17, 15) is 14.4 Å². The van der Waals surface area contributed by atoms with Crippen molar-refractivity contribution in [1.82, 2.24) is 5.32 Å². The zero-order chi connectivity index (χ0) is 24.4. The number of allylic oxidation sites excluding steroid dienone is 1. The Kier molecular flexibility index (Phi) is 9.91. The Hall–Kier alpha value is -3.35. The van der Waals surface area contributed by atoms with E-state index in [-0.39, 0.29) is 12.3 Å². The molecule has 0 bridgehead atoms. The van der Waals surface area contributed by atoms with Crippen molar-refractivity contribution in [2.45, 2.75) is 59.5 Å². The van der Waals surface area contributed by atoms with Gasteiger partial charge in [-0.25, -0.2) is 9.59 Å². The number of amides is 1. The summed E-state index contributed by atoms with van der Waals surface area (Å²) in [6, 6.07) is 9.11. The van der Waals surface area contributed by atoms with Gasteiger partial charge in [-0.15, -0.1) is 0 Å². The van der Waals surface area contributed by atoms with Crippen LogP contribution in [0.5, 0.6) is 5.75 Å². The van der Waals surface area contributed by atoms with E-state index in [2.05, 4.69) is 5.32 Å². The van der Waals surface area contributed by atoms with Crippen molar-refractivity contribution in [3.8, 4) is 5.75 Å². The maximum absolute atomic E-state index is 13.2. The fourth-order valence-corrected chi connectivity index (χ4v) is 3.39. The molecule has 33 heavy (non-hydrogen) atoms. The number of carbonyl (C=O) groups excluding carboxylic acids is 3. The Morgan fingerprint density at radius 3 is 2.45 bits per heavy atom. The lowest BCUT2D eigenvalue weighted by Crippen LogP contribution is -2.39. The van der Waals surface area contributed by atoms with Gasteiger partial charge in [0.1, 0.15) is 11.4 Å². The number of aryl methyl sites for hydroxylation is 1. The third-order valence-corrected chi connectivity index (χ3v) is 5.13. The first-order valence-corrected chi connectivity index (χ1v) is 11.3. The van der Waals surface area contributed by atoms with E-state index in [0.29, 0.717) is 36.0 Å². The molecule has 7 heteroatoms. The average Bonchev–Trinajstić information content (AvgIpc) is 2.81. The number of nitrogens with one attached hydrogen (secondary N) is 1. The third-order valence-electron chi connectivity index (χ3n) is 5.13. The first-order chi connectivity index (χ1) is 15.9. The number of unbranched alkanes of at least 4 members (excludes halogenated alkanes) is 1. The van der Waals surface area contributed by atoms with Crippen LogP contribution in [0.1, 0.15) is 62.4 Å². The van der Waals surface area contributed by atoms with Crippen LogP contribution in [0, 0.1) is 6.92 Å². The van der Waals surface area contributed by atoms with Crippen LogP contribution in [0.15, 0.2) is 42.1 Å². The molecule has 178 valence electrons. The molecule has 0 saturated heterocycles. The number of rotatable bonds is 11. The van der Waals surface area contributed by atoms with Crippen molar-refractivity contribution in [1.29, 1.82) is 0 Å². The van der Waals surface area contributed by atoms with Crippen molar-refractivity contribution in [2.24, 2.45) is 0 Å². The molecule has 0 spiro atoms. The number of benzene rings is 2. The zero-order valence-electron chi connectivity index (χ0n) is 20.0. The van der Waals surface area contributed by atoms with Crippen molar-refractivity contribution in [2.75, 3.05) is 13.7 Å². The van der Waals surface area contributed by atoms with Crippen LogP contribution >= 0.6 is 0 Å². The smallest absolute Gasteiger partial charge is 0.354 e. The molecule has 0 heterocycles. The van der Waals surface area contributed by atoms with Crippen LogP contribution in [0.4, 0.5) is 0 Å². The summed E-state index contributed by atoms with van der Waals surface area (Å²) in [5.41, 5.74) is 1.36. The number of hydrogen-bond acceptors (Lipinski definition) is 6. The van der Waals surface area contributed by atoms with Crippen molar-refractivity contribution < 1.29 is 28.6 Å². The van der Waals surface area contributed by atoms with Gasteiger partial charge in [-0.2, -0.15) is 0 Å². The van der Waals surface area contributed by atoms with Gasteiger partial charge in [-0.05, 0) is 55.2 Å². The molecule has 1 amide bonds. The fourth-order valence-electron chi connectivity index (χ4n) is 3.39. The SMILES string of the molecule is CCC/C=C(/NC(=O)C(CCC)OC(=O)c1cc(OC)cc2c(C)cccc12)C(=O)OCC. The molecule has 0 aliphatic heterocycles. The molecule has 7 nitrogen and oxygen atoms in total. The maximum atomic E-state index is 13.2. The minimum absolute atomic E-state index is 0.0586. The minimum Gasteiger partial charge on any atom is -0.497 e. The Bertz CT molecular complexity index is 1030. The summed E-state index contributed by atoms with van der Waals surface area (Å²) in [7, 11) is 1.53. The molecular weight excluding hydrogens is 422 g/mol. The van der Waals surface area contributed by atoms with Gasteiger partial charge in [-0.1, -0.05) is 51.0 Å². The second kappa shape index (κ2) is 12.6. The third kappa shape index (κ3) is 6.81. The second-order valence-corrected chi connectivity index (χ2v) is 7.64. The van der Waals surface area contributed by atoms with E-state index >= 15 is 0 Å². The highest BCUT2D eigenvalue weighted by atomic mass is 16.5. The van der Waals surface area contributed by atoms with E-state index in [0.717, 1.165) is 17.4 Å². The second-order valence-electron chi connectivity index (χ2n) is 7.64. The predicted octanol–water partition coefficient (Wildman–Crippen LogP) is 4.85. The number of methoxy groups -OCH3 is 1. The van der Waals surface area contributed by atoms with Crippen LogP contribution in [-0.4, -0.2) is 37.7 Å². The van der Waals surface area contributed by atoms with Crippen LogP contribution in [0.3, 0.4) is 0 Å². The standard InChI is InChI=1S/C26H33NO6/c1-6-9-14-22(26(30)32-8-3)27-24(28)23(11-7-2)33-25(29)21-16-18(31-5)15-20-17(4)12-10-13-19(20)21/h10,12-16,23H,6-9,11H2,1-5H3,(H,27,28)/b22-14+. The molecular formula is C26H33NO6. The lowest BCUT2D eigenvalue weighted by molar-refractivity contribution is -0.141. The topological polar surface area (TPSA) is 90.9 Å². The quantitative estimate of drug-likeness (QED) is 0.385. The molecule has 0 saturated carbocycles. The molecule has 0 fully saturated rings. The van der Waals surface area contributed by atoms with Gasteiger partial charge < -0.3 is 19.5 Å². The summed E-state index contributed by atoms with van der Waals surface area (Å²) < 4.78 is 16.0. The van der Waals surface area contributed by atoms with Crippen molar-refractivity contribution in [3.63, 3.8) is 0 Å². The molecule has 0 aliphatic rings. The molecule has 2 rings (SSSR count). The van der Waals surface area contributed by atoms with Gasteiger partial charge in [0, 0.05) is 0 Å². The minimum atomic E-state index is -1.06. The molecule has 1 unspecified atom stereocenters. The highest BCUT2D eigenvalue weighted by Crippen LogP contribution is 2.29. The summed E-state index contributed by atoms with van der Waals surface area (Å²) in [6.07, 6.45) is 2.88. The number of ether oxygens (including phenoxy) is 3. The van der Waals surface area contributed by atoms with Gasteiger partial charge in [0.2, 0.25) is 0 Å². The highest BCUT2D eigenvalue weighted by molar-refractivity contribution is 6.07. The first-order valence-electron chi connectivity index (χ1n) is 11.3. The summed E-state index contributed by atoms with van der Waals surface area (Å²) >= 11 is 0. The zero-order valence-corrected chi connectivity index (χ0v) is 20.0. The van der Waals surface area contributed by atoms with E-state index in [1.165, 1.54) is 7.11 Å². The van der Waals surface area contributed by atoms with Crippen LogP contribution < -0.4 is 10.1 Å². The number of fused-ring (bicyclic) bond motifs is 1. The Labute approximate surface area is 195 Å². The summed E-state index contributed by atoms with van der Waals surface area (Å²) in [6.45, 7) is 7.68. The molecule has 2 aromatic rings. The van der Waals surface area contributed by atoms with Crippen molar-refractivity contribution in [3.05, 3.63) is 53.2 Å². The number of esters is 2. The average molecular weight is 456 g/mol. The van der Waals surface area contributed by atoms with Gasteiger partial charge >= 0.3 is 11.9 Å². The first kappa shape index (κ1) is 25.9. The Morgan fingerprint density at radius 2 is 1.82 bits per heavy atom. The Morgan fingerprint density at radius 1 is 1.06 bits per heavy atom. The van der Waals surface area contributed by atoms with E-state index in [1.54, 1.807) is 19.1 Å². The molecule has 0 aliphatic carbocycles. The van der Waals surface area contributed by atoms with E-state index in [4.69, 9.17) is 14.2 Å². The molecule has 0 radical (unpaired) electrons. The van der Waals surface area contributed by atoms with Gasteiger partial charge in [0.25, 0.3) is 5.91 Å². The summed E-state index contributed by atoms with van der Waals surface area (Å²) in [4.78, 5) is 38.4. The molecule has 1 atom stereocenters.